The van der Waals surface area contributed by atoms with Crippen molar-refractivity contribution < 1.29 is 14.5 Å². The van der Waals surface area contributed by atoms with E-state index in [2.05, 4.69) is 15.0 Å². The summed E-state index contributed by atoms with van der Waals surface area (Å²) in [6.07, 6.45) is 3.28. The maximum absolute atomic E-state index is 11.0. The van der Waals surface area contributed by atoms with Crippen molar-refractivity contribution in [2.75, 3.05) is 19.0 Å². The standard InChI is InChI=1S/C13H13N3O4/c1-20-13(17)5-7-15-11-2-3-12(16(18)19)9-4-6-14-8-10(9)11/h2-4,6,8,15H,5,7H2,1H3. The zero-order valence-corrected chi connectivity index (χ0v) is 10.8. The molecule has 1 N–H and O–H groups in total. The summed E-state index contributed by atoms with van der Waals surface area (Å²) < 4.78 is 4.55. The van der Waals surface area contributed by atoms with Crippen molar-refractivity contribution in [2.24, 2.45) is 0 Å². The molecule has 2 aromatic rings. The number of carbonyl (C=O) groups excluding carboxylic acids is 1. The Morgan fingerprint density at radius 3 is 2.90 bits per heavy atom. The number of nitrogens with one attached hydrogen (secondary N) is 1. The fourth-order valence-electron chi connectivity index (χ4n) is 1.89. The third-order valence-corrected chi connectivity index (χ3v) is 2.86. The Morgan fingerprint density at radius 2 is 2.20 bits per heavy atom. The van der Waals surface area contributed by atoms with Gasteiger partial charge in [0, 0.05) is 36.1 Å². The second kappa shape index (κ2) is 5.96. The molecule has 1 aromatic carbocycles. The molecule has 0 spiro atoms. The SMILES string of the molecule is COC(=O)CCNc1ccc([N+](=O)[O-])c2ccncc12. The van der Waals surface area contributed by atoms with Crippen LogP contribution >= 0.6 is 0 Å². The highest BCUT2D eigenvalue weighted by molar-refractivity contribution is 5.99. The van der Waals surface area contributed by atoms with E-state index in [1.54, 1.807) is 18.3 Å². The quantitative estimate of drug-likeness (QED) is 0.510. The highest BCUT2D eigenvalue weighted by Gasteiger charge is 2.14. The van der Waals surface area contributed by atoms with Crippen LogP contribution in [-0.4, -0.2) is 29.5 Å². The lowest BCUT2D eigenvalue weighted by Gasteiger charge is -2.09. The summed E-state index contributed by atoms with van der Waals surface area (Å²) in [6, 6.07) is 4.64. The third kappa shape index (κ3) is 2.82. The number of ether oxygens (including phenoxy) is 1. The van der Waals surface area contributed by atoms with Gasteiger partial charge in [0.1, 0.15) is 0 Å². The van der Waals surface area contributed by atoms with Crippen molar-refractivity contribution >= 4 is 28.1 Å². The number of benzene rings is 1. The van der Waals surface area contributed by atoms with E-state index in [0.717, 1.165) is 0 Å². The van der Waals surface area contributed by atoms with E-state index in [1.807, 2.05) is 0 Å². The van der Waals surface area contributed by atoms with Gasteiger partial charge in [-0.15, -0.1) is 0 Å². The largest absolute Gasteiger partial charge is 0.469 e. The summed E-state index contributed by atoms with van der Waals surface area (Å²) in [5.74, 6) is -0.318. The monoisotopic (exact) mass is 275 g/mol. The maximum atomic E-state index is 11.0. The van der Waals surface area contributed by atoms with Crippen LogP contribution in [0.1, 0.15) is 6.42 Å². The van der Waals surface area contributed by atoms with Crippen molar-refractivity contribution in [3.63, 3.8) is 0 Å². The number of aromatic nitrogens is 1. The van der Waals surface area contributed by atoms with E-state index in [0.29, 0.717) is 23.0 Å². The molecule has 0 saturated carbocycles. The second-order valence-corrected chi connectivity index (χ2v) is 4.06. The van der Waals surface area contributed by atoms with Crippen LogP contribution in [0.15, 0.2) is 30.6 Å². The van der Waals surface area contributed by atoms with Gasteiger partial charge in [-0.1, -0.05) is 0 Å². The molecule has 0 saturated heterocycles. The van der Waals surface area contributed by atoms with Crippen molar-refractivity contribution in [1.29, 1.82) is 0 Å². The predicted octanol–water partition coefficient (Wildman–Crippen LogP) is 2.12. The minimum Gasteiger partial charge on any atom is -0.469 e. The molecule has 0 aliphatic carbocycles. The van der Waals surface area contributed by atoms with Crippen molar-refractivity contribution in [2.45, 2.75) is 6.42 Å². The Balaban J connectivity index is 2.29. The number of carbonyl (C=O) groups is 1. The van der Waals surface area contributed by atoms with Gasteiger partial charge in [0.15, 0.2) is 0 Å². The van der Waals surface area contributed by atoms with Crippen LogP contribution in [0, 0.1) is 10.1 Å². The summed E-state index contributed by atoms with van der Waals surface area (Å²) in [7, 11) is 1.33. The van der Waals surface area contributed by atoms with Crippen molar-refractivity contribution in [3.05, 3.63) is 40.7 Å². The van der Waals surface area contributed by atoms with Crippen LogP contribution in [0.3, 0.4) is 0 Å². The number of hydrogen-bond acceptors (Lipinski definition) is 6. The fourth-order valence-corrected chi connectivity index (χ4v) is 1.89. The summed E-state index contributed by atoms with van der Waals surface area (Å²) in [5.41, 5.74) is 0.725. The van der Waals surface area contributed by atoms with Gasteiger partial charge < -0.3 is 10.1 Å². The van der Waals surface area contributed by atoms with Crippen LogP contribution in [-0.2, 0) is 9.53 Å². The predicted molar refractivity (Wildman–Crippen MR) is 73.5 cm³/mol. The van der Waals surface area contributed by atoms with E-state index in [-0.39, 0.29) is 18.1 Å². The molecule has 0 unspecified atom stereocenters. The number of esters is 1. The number of nitro groups is 1. The maximum Gasteiger partial charge on any atom is 0.307 e. The topological polar surface area (TPSA) is 94.4 Å². The molecule has 1 aromatic heterocycles. The molecule has 2 rings (SSSR count). The average molecular weight is 275 g/mol. The molecule has 20 heavy (non-hydrogen) atoms. The van der Waals surface area contributed by atoms with Crippen LogP contribution in [0.2, 0.25) is 0 Å². The van der Waals surface area contributed by atoms with Gasteiger partial charge in [-0.05, 0) is 12.1 Å². The lowest BCUT2D eigenvalue weighted by Crippen LogP contribution is -2.10. The number of fused-ring (bicyclic) bond motifs is 1. The van der Waals surface area contributed by atoms with Crippen molar-refractivity contribution in [1.82, 2.24) is 4.98 Å². The third-order valence-electron chi connectivity index (χ3n) is 2.86. The van der Waals surface area contributed by atoms with E-state index in [9.17, 15) is 14.9 Å². The molecule has 7 heteroatoms. The molecule has 104 valence electrons. The van der Waals surface area contributed by atoms with Gasteiger partial charge in [-0.25, -0.2) is 0 Å². The molecule has 0 radical (unpaired) electrons. The van der Waals surface area contributed by atoms with Gasteiger partial charge in [0.25, 0.3) is 5.69 Å². The number of hydrogen-bond donors (Lipinski definition) is 1. The zero-order chi connectivity index (χ0) is 14.5. The van der Waals surface area contributed by atoms with Crippen LogP contribution in [0.25, 0.3) is 10.8 Å². The Kier molecular flexibility index (Phi) is 4.09. The molecule has 0 aliphatic rings. The van der Waals surface area contributed by atoms with Gasteiger partial charge >= 0.3 is 5.97 Å². The molecule has 0 atom stereocenters. The lowest BCUT2D eigenvalue weighted by molar-refractivity contribution is -0.383. The fraction of sp³-hybridized carbons (Fsp3) is 0.231. The Hall–Kier alpha value is -2.70. The molecule has 0 aliphatic heterocycles. The number of pyridine rings is 1. The van der Waals surface area contributed by atoms with Gasteiger partial charge in [-0.3, -0.25) is 19.9 Å². The lowest BCUT2D eigenvalue weighted by atomic mass is 10.1. The summed E-state index contributed by atoms with van der Waals surface area (Å²) in [5, 5.41) is 15.2. The number of anilines is 1. The van der Waals surface area contributed by atoms with Gasteiger partial charge in [-0.2, -0.15) is 0 Å². The Bertz CT molecular complexity index is 657. The molecular formula is C13H13N3O4. The summed E-state index contributed by atoms with van der Waals surface area (Å²) in [6.45, 7) is 0.383. The Labute approximate surface area is 114 Å². The van der Waals surface area contributed by atoms with Crippen LogP contribution in [0.5, 0.6) is 0 Å². The van der Waals surface area contributed by atoms with Crippen LogP contribution < -0.4 is 5.32 Å². The second-order valence-electron chi connectivity index (χ2n) is 4.06. The van der Waals surface area contributed by atoms with Crippen molar-refractivity contribution in [3.8, 4) is 0 Å². The summed E-state index contributed by atoms with van der Waals surface area (Å²) in [4.78, 5) is 25.6. The number of nitro benzene ring substituents is 1. The van der Waals surface area contributed by atoms with Gasteiger partial charge in [0.2, 0.25) is 0 Å². The van der Waals surface area contributed by atoms with E-state index >= 15 is 0 Å². The molecule has 0 bridgehead atoms. The number of rotatable bonds is 5. The van der Waals surface area contributed by atoms with Gasteiger partial charge in [0.05, 0.1) is 23.8 Å². The van der Waals surface area contributed by atoms with Crippen LogP contribution in [0.4, 0.5) is 11.4 Å². The van der Waals surface area contributed by atoms with E-state index in [4.69, 9.17) is 0 Å². The first-order valence-corrected chi connectivity index (χ1v) is 5.95. The molecular weight excluding hydrogens is 262 g/mol. The first kappa shape index (κ1) is 13.7. The molecule has 7 nitrogen and oxygen atoms in total. The smallest absolute Gasteiger partial charge is 0.307 e. The number of methoxy groups -OCH3 is 1. The number of nitrogens with zero attached hydrogens (tertiary/aromatic N) is 2. The van der Waals surface area contributed by atoms with E-state index in [1.165, 1.54) is 19.4 Å². The van der Waals surface area contributed by atoms with E-state index < -0.39 is 4.92 Å². The number of non-ortho nitro benzene ring substituents is 1. The molecule has 1 heterocycles. The first-order chi connectivity index (χ1) is 9.63. The zero-order valence-electron chi connectivity index (χ0n) is 10.8. The minimum atomic E-state index is -0.430. The summed E-state index contributed by atoms with van der Waals surface area (Å²) >= 11 is 0. The molecule has 0 amide bonds. The normalized spacial score (nSPS) is 10.2. The highest BCUT2D eigenvalue weighted by atomic mass is 16.6. The minimum absolute atomic E-state index is 0.0286. The first-order valence-electron chi connectivity index (χ1n) is 5.95. The highest BCUT2D eigenvalue weighted by Crippen LogP contribution is 2.30. The average Bonchev–Trinajstić information content (AvgIpc) is 2.46. The molecule has 0 fully saturated rings. The Morgan fingerprint density at radius 1 is 1.40 bits per heavy atom.